The minimum absolute atomic E-state index is 0.0266. The molecule has 5 heteroatoms. The maximum absolute atomic E-state index is 5.97. The van der Waals surface area contributed by atoms with E-state index < -0.39 is 0 Å². The third-order valence-corrected chi connectivity index (χ3v) is 2.93. The second kappa shape index (κ2) is 5.52. The SMILES string of the molecule is Cc1cc(OC(C)C)nc(OC2CCCC2N)n1. The van der Waals surface area contributed by atoms with Gasteiger partial charge in [0.25, 0.3) is 0 Å². The van der Waals surface area contributed by atoms with E-state index >= 15 is 0 Å². The fraction of sp³-hybridized carbons (Fsp3) is 0.692. The number of rotatable bonds is 4. The van der Waals surface area contributed by atoms with Crippen molar-refractivity contribution in [2.24, 2.45) is 5.73 Å². The summed E-state index contributed by atoms with van der Waals surface area (Å²) in [5.41, 5.74) is 6.81. The van der Waals surface area contributed by atoms with E-state index in [1.807, 2.05) is 20.8 Å². The third kappa shape index (κ3) is 3.32. The molecular weight excluding hydrogens is 230 g/mol. The number of aryl methyl sites for hydroxylation is 1. The number of nitrogens with two attached hydrogens (primary N) is 1. The van der Waals surface area contributed by atoms with E-state index in [9.17, 15) is 0 Å². The normalized spacial score (nSPS) is 23.4. The first kappa shape index (κ1) is 13.1. The molecule has 1 aromatic heterocycles. The molecule has 2 N–H and O–H groups in total. The summed E-state index contributed by atoms with van der Waals surface area (Å²) in [5, 5.41) is 0. The molecule has 1 heterocycles. The fourth-order valence-corrected chi connectivity index (χ4v) is 2.10. The minimum atomic E-state index is 0.0266. The van der Waals surface area contributed by atoms with Crippen LogP contribution >= 0.6 is 0 Å². The Morgan fingerprint density at radius 2 is 2.11 bits per heavy atom. The Hall–Kier alpha value is -1.36. The van der Waals surface area contributed by atoms with E-state index in [0.717, 1.165) is 25.0 Å². The first-order chi connectivity index (χ1) is 8.54. The van der Waals surface area contributed by atoms with Crippen LogP contribution in [0.5, 0.6) is 11.9 Å². The zero-order valence-electron chi connectivity index (χ0n) is 11.2. The Morgan fingerprint density at radius 3 is 2.72 bits per heavy atom. The summed E-state index contributed by atoms with van der Waals surface area (Å²) in [7, 11) is 0. The summed E-state index contributed by atoms with van der Waals surface area (Å²) in [6.45, 7) is 5.83. The average molecular weight is 251 g/mol. The molecule has 0 amide bonds. The van der Waals surface area contributed by atoms with Crippen molar-refractivity contribution in [1.29, 1.82) is 0 Å². The van der Waals surface area contributed by atoms with Crippen molar-refractivity contribution >= 4 is 0 Å². The maximum atomic E-state index is 5.97. The van der Waals surface area contributed by atoms with Crippen LogP contribution in [0, 0.1) is 6.92 Å². The molecule has 2 rings (SSSR count). The van der Waals surface area contributed by atoms with Crippen molar-refractivity contribution in [3.8, 4) is 11.9 Å². The van der Waals surface area contributed by atoms with E-state index in [0.29, 0.717) is 11.9 Å². The quantitative estimate of drug-likeness (QED) is 0.884. The van der Waals surface area contributed by atoms with Crippen LogP contribution < -0.4 is 15.2 Å². The minimum Gasteiger partial charge on any atom is -0.475 e. The molecule has 0 aromatic carbocycles. The molecule has 100 valence electrons. The van der Waals surface area contributed by atoms with Gasteiger partial charge in [-0.1, -0.05) is 0 Å². The summed E-state index contributed by atoms with van der Waals surface area (Å²) in [4.78, 5) is 8.53. The second-order valence-electron chi connectivity index (χ2n) is 5.05. The van der Waals surface area contributed by atoms with Gasteiger partial charge in [-0.2, -0.15) is 4.98 Å². The second-order valence-corrected chi connectivity index (χ2v) is 5.05. The molecule has 1 aliphatic carbocycles. The van der Waals surface area contributed by atoms with Crippen LogP contribution in [0.2, 0.25) is 0 Å². The number of aromatic nitrogens is 2. The smallest absolute Gasteiger partial charge is 0.320 e. The molecule has 2 atom stereocenters. The fourth-order valence-electron chi connectivity index (χ4n) is 2.10. The van der Waals surface area contributed by atoms with Crippen molar-refractivity contribution in [1.82, 2.24) is 9.97 Å². The molecule has 1 saturated carbocycles. The van der Waals surface area contributed by atoms with E-state index in [1.165, 1.54) is 0 Å². The molecular formula is C13H21N3O2. The van der Waals surface area contributed by atoms with Crippen molar-refractivity contribution in [3.05, 3.63) is 11.8 Å². The van der Waals surface area contributed by atoms with E-state index in [1.54, 1.807) is 6.07 Å². The highest BCUT2D eigenvalue weighted by molar-refractivity contribution is 5.18. The summed E-state index contributed by atoms with van der Waals surface area (Å²) in [6, 6.07) is 2.26. The van der Waals surface area contributed by atoms with Gasteiger partial charge in [0.1, 0.15) is 6.10 Å². The van der Waals surface area contributed by atoms with Crippen LogP contribution in [0.3, 0.4) is 0 Å². The first-order valence-corrected chi connectivity index (χ1v) is 6.49. The molecule has 1 aliphatic rings. The Kier molecular flexibility index (Phi) is 4.01. The predicted molar refractivity (Wildman–Crippen MR) is 68.8 cm³/mol. The van der Waals surface area contributed by atoms with Crippen LogP contribution in [-0.2, 0) is 0 Å². The van der Waals surface area contributed by atoms with Gasteiger partial charge in [-0.3, -0.25) is 0 Å². The van der Waals surface area contributed by atoms with Crippen molar-refractivity contribution in [2.75, 3.05) is 0 Å². The average Bonchev–Trinajstić information content (AvgIpc) is 2.62. The molecule has 2 unspecified atom stereocenters. The van der Waals surface area contributed by atoms with Gasteiger partial charge in [-0.05, 0) is 40.0 Å². The molecule has 5 nitrogen and oxygen atoms in total. The lowest BCUT2D eigenvalue weighted by Crippen LogP contribution is -2.34. The Balaban J connectivity index is 2.09. The van der Waals surface area contributed by atoms with Gasteiger partial charge in [0.15, 0.2) is 0 Å². The van der Waals surface area contributed by atoms with Crippen molar-refractivity contribution in [3.63, 3.8) is 0 Å². The maximum Gasteiger partial charge on any atom is 0.320 e. The van der Waals surface area contributed by atoms with Gasteiger partial charge >= 0.3 is 6.01 Å². The molecule has 0 bridgehead atoms. The molecule has 0 saturated heterocycles. The molecule has 0 spiro atoms. The third-order valence-electron chi connectivity index (χ3n) is 2.93. The standard InChI is InChI=1S/C13H21N3O2/c1-8(2)17-12-7-9(3)15-13(16-12)18-11-6-4-5-10(11)14/h7-8,10-11H,4-6,14H2,1-3H3. The van der Waals surface area contributed by atoms with E-state index in [-0.39, 0.29) is 18.2 Å². The highest BCUT2D eigenvalue weighted by Gasteiger charge is 2.26. The highest BCUT2D eigenvalue weighted by atomic mass is 16.5. The lowest BCUT2D eigenvalue weighted by Gasteiger charge is -2.17. The van der Waals surface area contributed by atoms with Gasteiger partial charge in [-0.25, -0.2) is 4.98 Å². The summed E-state index contributed by atoms with van der Waals surface area (Å²) >= 11 is 0. The van der Waals surface area contributed by atoms with Crippen LogP contribution in [-0.4, -0.2) is 28.2 Å². The van der Waals surface area contributed by atoms with Crippen molar-refractivity contribution < 1.29 is 9.47 Å². The largest absolute Gasteiger partial charge is 0.475 e. The zero-order valence-corrected chi connectivity index (χ0v) is 11.2. The van der Waals surface area contributed by atoms with Crippen LogP contribution in [0.4, 0.5) is 0 Å². The summed E-state index contributed by atoms with van der Waals surface area (Å²) in [5.74, 6) is 0.555. The molecule has 18 heavy (non-hydrogen) atoms. The molecule has 1 fully saturated rings. The zero-order chi connectivity index (χ0) is 13.1. The number of hydrogen-bond donors (Lipinski definition) is 1. The number of ether oxygens (including phenoxy) is 2. The van der Waals surface area contributed by atoms with Crippen LogP contribution in [0.25, 0.3) is 0 Å². The lowest BCUT2D eigenvalue weighted by molar-refractivity contribution is 0.168. The van der Waals surface area contributed by atoms with Gasteiger partial charge < -0.3 is 15.2 Å². The van der Waals surface area contributed by atoms with Crippen LogP contribution in [0.15, 0.2) is 6.07 Å². The van der Waals surface area contributed by atoms with Gasteiger partial charge in [0.2, 0.25) is 5.88 Å². The predicted octanol–water partition coefficient (Wildman–Crippen LogP) is 1.83. The highest BCUT2D eigenvalue weighted by Crippen LogP contribution is 2.23. The summed E-state index contributed by atoms with van der Waals surface area (Å²) < 4.78 is 11.3. The van der Waals surface area contributed by atoms with Crippen LogP contribution in [0.1, 0.15) is 38.8 Å². The number of hydrogen-bond acceptors (Lipinski definition) is 5. The van der Waals surface area contributed by atoms with Gasteiger partial charge in [0.05, 0.1) is 6.10 Å². The number of nitrogens with zero attached hydrogens (tertiary/aromatic N) is 2. The Bertz CT molecular complexity index is 409. The lowest BCUT2D eigenvalue weighted by atomic mass is 10.2. The van der Waals surface area contributed by atoms with Gasteiger partial charge in [0, 0.05) is 17.8 Å². The topological polar surface area (TPSA) is 70.3 Å². The molecule has 0 aliphatic heterocycles. The Labute approximate surface area is 108 Å². The Morgan fingerprint density at radius 1 is 1.33 bits per heavy atom. The molecule has 1 aromatic rings. The van der Waals surface area contributed by atoms with Crippen molar-refractivity contribution in [2.45, 2.75) is 58.3 Å². The van der Waals surface area contributed by atoms with E-state index in [4.69, 9.17) is 15.2 Å². The van der Waals surface area contributed by atoms with E-state index in [2.05, 4.69) is 9.97 Å². The first-order valence-electron chi connectivity index (χ1n) is 6.49. The summed E-state index contributed by atoms with van der Waals surface area (Å²) in [6.07, 6.45) is 3.19. The monoisotopic (exact) mass is 251 g/mol. The molecule has 0 radical (unpaired) electrons. The van der Waals surface area contributed by atoms with Gasteiger partial charge in [-0.15, -0.1) is 0 Å².